The van der Waals surface area contributed by atoms with E-state index in [1.807, 2.05) is 52.2 Å². The second-order valence-electron chi connectivity index (χ2n) is 11.1. The van der Waals surface area contributed by atoms with Gasteiger partial charge in [-0.2, -0.15) is 0 Å². The standard InChI is InChI=1S/C31H45ClN4O7/c1-20(19-21(2)24-16-17-25(41-7)29(39)43-24)11-8-9-13-26(37)35-27(31(4,5)6)28(38)34-18-10-12-23(15-14-22(3)32)42-30(40)36-33/h8-11,13-14,17-19,21,23-24,27H,12,15-16,33H2,1-7H3,(H,34,38)(H,35,37)(H,36,40)/b11-8-,13-9+,18-10-,20-19+,22-14+. The SMILES string of the molecule is COC1=CCC(C(C)/C=C(C)/C=C\C=C\C(=O)NC(C(=O)N/C=C\CC(C/C=C(\C)Cl)OC(=O)NN)C(C)(C)C)OC1=O. The molecule has 1 heterocycles. The van der Waals surface area contributed by atoms with E-state index in [0.29, 0.717) is 24.3 Å². The molecule has 3 amide bonds. The number of nitrogens with two attached hydrogens (primary N) is 1. The number of nitrogens with one attached hydrogen (secondary N) is 3. The first-order valence-corrected chi connectivity index (χ1v) is 14.3. The van der Waals surface area contributed by atoms with Gasteiger partial charge in [-0.3, -0.25) is 15.0 Å². The molecule has 5 N–H and O–H groups in total. The number of ether oxygens (including phenoxy) is 3. The molecule has 0 aromatic heterocycles. The zero-order valence-corrected chi connectivity index (χ0v) is 26.7. The summed E-state index contributed by atoms with van der Waals surface area (Å²) < 4.78 is 15.6. The van der Waals surface area contributed by atoms with Gasteiger partial charge in [-0.25, -0.2) is 15.4 Å². The first kappa shape index (κ1) is 37.2. The van der Waals surface area contributed by atoms with Crippen LogP contribution in [0.25, 0.3) is 0 Å². The van der Waals surface area contributed by atoms with Gasteiger partial charge in [0.25, 0.3) is 0 Å². The molecule has 4 unspecified atom stereocenters. The van der Waals surface area contributed by atoms with Crippen molar-refractivity contribution in [3.05, 3.63) is 71.2 Å². The molecule has 12 heteroatoms. The molecule has 0 aromatic carbocycles. The van der Waals surface area contributed by atoms with Gasteiger partial charge in [0.1, 0.15) is 18.2 Å². The predicted octanol–water partition coefficient (Wildman–Crippen LogP) is 4.58. The Hall–Kier alpha value is -3.83. The second kappa shape index (κ2) is 18.7. The Kier molecular flexibility index (Phi) is 16.1. The van der Waals surface area contributed by atoms with Crippen LogP contribution >= 0.6 is 11.6 Å². The summed E-state index contributed by atoms with van der Waals surface area (Å²) in [6.45, 7) is 11.1. The zero-order valence-electron chi connectivity index (χ0n) is 25.9. The summed E-state index contributed by atoms with van der Waals surface area (Å²) >= 11 is 5.87. The topological polar surface area (TPSA) is 158 Å². The number of allylic oxidation sites excluding steroid dienone is 5. The fraction of sp³-hybridized carbons (Fsp3) is 0.484. The first-order valence-electron chi connectivity index (χ1n) is 13.9. The van der Waals surface area contributed by atoms with E-state index in [4.69, 9.17) is 31.7 Å². The maximum absolute atomic E-state index is 12.9. The van der Waals surface area contributed by atoms with Crippen LogP contribution in [0.15, 0.2) is 71.2 Å². The number of amides is 3. The number of halogens is 1. The van der Waals surface area contributed by atoms with E-state index in [-0.39, 0.29) is 17.8 Å². The number of carbonyl (C=O) groups excluding carboxylic acids is 4. The highest BCUT2D eigenvalue weighted by molar-refractivity contribution is 6.29. The Bertz CT molecular complexity index is 1160. The van der Waals surface area contributed by atoms with Crippen molar-refractivity contribution in [2.75, 3.05) is 7.11 Å². The second-order valence-corrected chi connectivity index (χ2v) is 11.7. The molecule has 238 valence electrons. The molecule has 0 radical (unpaired) electrons. The average molecular weight is 621 g/mol. The van der Waals surface area contributed by atoms with Crippen molar-refractivity contribution in [3.63, 3.8) is 0 Å². The fourth-order valence-electron chi connectivity index (χ4n) is 3.95. The van der Waals surface area contributed by atoms with Crippen LogP contribution in [0.2, 0.25) is 0 Å². The minimum absolute atomic E-state index is 0.0221. The van der Waals surface area contributed by atoms with E-state index < -0.39 is 41.4 Å². The quantitative estimate of drug-likeness (QED) is 0.0549. The summed E-state index contributed by atoms with van der Waals surface area (Å²) in [5.74, 6) is 3.97. The van der Waals surface area contributed by atoms with E-state index in [1.54, 1.807) is 37.3 Å². The monoisotopic (exact) mass is 620 g/mol. The molecule has 1 aliphatic rings. The molecule has 0 saturated carbocycles. The maximum Gasteiger partial charge on any atom is 0.421 e. The Morgan fingerprint density at radius 1 is 1.19 bits per heavy atom. The van der Waals surface area contributed by atoms with Gasteiger partial charge in [0.2, 0.25) is 11.8 Å². The highest BCUT2D eigenvalue weighted by Crippen LogP contribution is 2.23. The van der Waals surface area contributed by atoms with Crippen molar-refractivity contribution in [1.29, 1.82) is 0 Å². The molecular weight excluding hydrogens is 576 g/mol. The highest BCUT2D eigenvalue weighted by atomic mass is 35.5. The smallest absolute Gasteiger partial charge is 0.421 e. The normalized spacial score (nSPS) is 18.6. The van der Waals surface area contributed by atoms with Crippen molar-refractivity contribution in [1.82, 2.24) is 16.1 Å². The van der Waals surface area contributed by atoms with E-state index in [0.717, 1.165) is 5.57 Å². The van der Waals surface area contributed by atoms with Crippen LogP contribution in [0.3, 0.4) is 0 Å². The number of esters is 1. The summed E-state index contributed by atoms with van der Waals surface area (Å²) in [6, 6.07) is -0.830. The maximum atomic E-state index is 12.9. The molecule has 4 atom stereocenters. The predicted molar refractivity (Wildman–Crippen MR) is 166 cm³/mol. The van der Waals surface area contributed by atoms with Crippen molar-refractivity contribution < 1.29 is 33.4 Å². The minimum Gasteiger partial charge on any atom is -0.490 e. The summed E-state index contributed by atoms with van der Waals surface area (Å²) in [5, 5.41) is 5.98. The van der Waals surface area contributed by atoms with Gasteiger partial charge in [0.05, 0.1) is 7.11 Å². The number of methoxy groups -OCH3 is 1. The van der Waals surface area contributed by atoms with Crippen LogP contribution in [0.1, 0.15) is 60.8 Å². The van der Waals surface area contributed by atoms with Gasteiger partial charge in [-0.15, -0.1) is 0 Å². The van der Waals surface area contributed by atoms with Gasteiger partial charge in [0, 0.05) is 36.3 Å². The van der Waals surface area contributed by atoms with Crippen LogP contribution in [0, 0.1) is 11.3 Å². The lowest BCUT2D eigenvalue weighted by atomic mass is 9.86. The number of hydrogen-bond donors (Lipinski definition) is 4. The Balaban J connectivity index is 2.71. The fourth-order valence-corrected chi connectivity index (χ4v) is 4.04. The van der Waals surface area contributed by atoms with E-state index in [9.17, 15) is 19.2 Å². The van der Waals surface area contributed by atoms with Crippen molar-refractivity contribution in [2.24, 2.45) is 17.2 Å². The number of rotatable bonds is 14. The van der Waals surface area contributed by atoms with Crippen LogP contribution in [-0.4, -0.2) is 49.2 Å². The minimum atomic E-state index is -0.830. The average Bonchev–Trinajstić information content (AvgIpc) is 2.93. The van der Waals surface area contributed by atoms with Gasteiger partial charge in [-0.1, -0.05) is 81.3 Å². The Morgan fingerprint density at radius 2 is 1.86 bits per heavy atom. The van der Waals surface area contributed by atoms with Crippen LogP contribution in [0.4, 0.5) is 4.79 Å². The Labute approximate surface area is 259 Å². The molecular formula is C31H45ClN4O7. The molecule has 1 aliphatic heterocycles. The number of hydrogen-bond acceptors (Lipinski definition) is 8. The Morgan fingerprint density at radius 3 is 2.44 bits per heavy atom. The molecule has 0 spiro atoms. The summed E-state index contributed by atoms with van der Waals surface area (Å²) in [7, 11) is 1.43. The first-order chi connectivity index (χ1) is 20.2. The molecule has 11 nitrogen and oxygen atoms in total. The van der Waals surface area contributed by atoms with Gasteiger partial charge < -0.3 is 24.8 Å². The van der Waals surface area contributed by atoms with Gasteiger partial charge >= 0.3 is 12.1 Å². The molecule has 0 aromatic rings. The van der Waals surface area contributed by atoms with Crippen molar-refractivity contribution >= 4 is 35.5 Å². The lowest BCUT2D eigenvalue weighted by Crippen LogP contribution is -2.52. The number of carbonyl (C=O) groups is 4. The third-order valence-electron chi connectivity index (χ3n) is 6.26. The van der Waals surface area contributed by atoms with Crippen LogP contribution in [-0.2, 0) is 28.6 Å². The zero-order chi connectivity index (χ0) is 32.6. The molecule has 0 bridgehead atoms. The molecule has 0 fully saturated rings. The highest BCUT2D eigenvalue weighted by Gasteiger charge is 2.32. The number of hydrazine groups is 1. The van der Waals surface area contributed by atoms with E-state index in [2.05, 4.69) is 10.6 Å². The van der Waals surface area contributed by atoms with Gasteiger partial charge in [-0.05, 0) is 31.5 Å². The largest absolute Gasteiger partial charge is 0.490 e. The van der Waals surface area contributed by atoms with Crippen molar-refractivity contribution in [2.45, 2.75) is 79.1 Å². The van der Waals surface area contributed by atoms with Crippen molar-refractivity contribution in [3.8, 4) is 0 Å². The lowest BCUT2D eigenvalue weighted by molar-refractivity contribution is -0.151. The van der Waals surface area contributed by atoms with E-state index in [1.165, 1.54) is 19.4 Å². The summed E-state index contributed by atoms with van der Waals surface area (Å²) in [6.07, 6.45) is 14.6. The van der Waals surface area contributed by atoms with Gasteiger partial charge in [0.15, 0.2) is 5.76 Å². The third-order valence-corrected chi connectivity index (χ3v) is 6.41. The lowest BCUT2D eigenvalue weighted by Gasteiger charge is -2.29. The molecule has 43 heavy (non-hydrogen) atoms. The molecule has 1 rings (SSSR count). The van der Waals surface area contributed by atoms with Crippen LogP contribution in [0.5, 0.6) is 0 Å². The molecule has 0 aliphatic carbocycles. The van der Waals surface area contributed by atoms with Crippen LogP contribution < -0.4 is 21.9 Å². The summed E-state index contributed by atoms with van der Waals surface area (Å²) in [4.78, 5) is 48.9. The van der Waals surface area contributed by atoms with E-state index >= 15 is 0 Å². The third kappa shape index (κ3) is 14.8. The molecule has 0 saturated heterocycles. The summed E-state index contributed by atoms with van der Waals surface area (Å²) in [5.41, 5.74) is 2.26. The number of cyclic esters (lactones) is 1.